The molecule has 1 fully saturated rings. The largest absolute Gasteiger partial charge is 0.395 e. The van der Waals surface area contributed by atoms with Crippen molar-refractivity contribution >= 4 is 10.9 Å². The van der Waals surface area contributed by atoms with Crippen LogP contribution in [0.4, 0.5) is 0 Å². The Morgan fingerprint density at radius 1 is 1.10 bits per heavy atom. The number of aryl methyl sites for hydroxylation is 1. The molecule has 4 heteroatoms. The van der Waals surface area contributed by atoms with Gasteiger partial charge < -0.3 is 15.4 Å². The molecular weight excluding hydrogens is 358 g/mol. The number of aliphatic hydroxyl groups excluding tert-OH is 1. The first-order chi connectivity index (χ1) is 13.8. The van der Waals surface area contributed by atoms with Gasteiger partial charge in [0.25, 0.3) is 0 Å². The van der Waals surface area contributed by atoms with E-state index in [2.05, 4.69) is 85.4 Å². The fourth-order valence-corrected chi connectivity index (χ4v) is 4.08. The molecule has 1 aliphatic heterocycles. The van der Waals surface area contributed by atoms with Crippen molar-refractivity contribution in [3.63, 3.8) is 0 Å². The lowest BCUT2D eigenvalue weighted by molar-refractivity contribution is 0.0348. The summed E-state index contributed by atoms with van der Waals surface area (Å²) in [4.78, 5) is 5.88. The van der Waals surface area contributed by atoms with Crippen molar-refractivity contribution in [3.05, 3.63) is 59.3 Å². The number of H-pyrrole nitrogens is 1. The lowest BCUT2D eigenvalue weighted by Crippen LogP contribution is -2.49. The van der Waals surface area contributed by atoms with Crippen LogP contribution in [0, 0.1) is 6.92 Å². The average Bonchev–Trinajstić information content (AvgIpc) is 3.05. The maximum absolute atomic E-state index is 9.41. The second kappa shape index (κ2) is 7.94. The van der Waals surface area contributed by atoms with Crippen molar-refractivity contribution in [1.29, 1.82) is 0 Å². The Morgan fingerprint density at radius 2 is 1.93 bits per heavy atom. The van der Waals surface area contributed by atoms with Crippen molar-refractivity contribution in [2.75, 3.05) is 13.2 Å². The van der Waals surface area contributed by atoms with Gasteiger partial charge in [-0.1, -0.05) is 23.8 Å². The van der Waals surface area contributed by atoms with Gasteiger partial charge in [0.05, 0.1) is 6.61 Å². The number of hydrogen-bond donors (Lipinski definition) is 3. The monoisotopic (exact) mass is 391 g/mol. The minimum Gasteiger partial charge on any atom is -0.395 e. The Labute approximate surface area is 173 Å². The molecule has 1 unspecified atom stereocenters. The second-order valence-electron chi connectivity index (χ2n) is 9.50. The Morgan fingerprint density at radius 3 is 2.62 bits per heavy atom. The van der Waals surface area contributed by atoms with E-state index in [9.17, 15) is 5.11 Å². The highest BCUT2D eigenvalue weighted by Gasteiger charge is 2.27. The molecule has 1 saturated heterocycles. The molecule has 0 radical (unpaired) electrons. The van der Waals surface area contributed by atoms with E-state index in [4.69, 9.17) is 0 Å². The lowest BCUT2D eigenvalue weighted by Gasteiger charge is -2.39. The smallest absolute Gasteiger partial charge is 0.0587 e. The predicted molar refractivity (Wildman–Crippen MR) is 121 cm³/mol. The van der Waals surface area contributed by atoms with Crippen LogP contribution in [0.5, 0.6) is 0 Å². The zero-order valence-electron chi connectivity index (χ0n) is 18.0. The number of rotatable bonds is 6. The van der Waals surface area contributed by atoms with Gasteiger partial charge >= 0.3 is 0 Å². The van der Waals surface area contributed by atoms with E-state index in [1.165, 1.54) is 38.9 Å². The Kier molecular flexibility index (Phi) is 5.52. The van der Waals surface area contributed by atoms with Gasteiger partial charge in [-0.15, -0.1) is 0 Å². The van der Waals surface area contributed by atoms with Gasteiger partial charge in [0, 0.05) is 47.8 Å². The average molecular weight is 392 g/mol. The van der Waals surface area contributed by atoms with Crippen molar-refractivity contribution in [2.24, 2.45) is 0 Å². The number of aromatic amines is 1. The zero-order valence-corrected chi connectivity index (χ0v) is 18.0. The number of benzene rings is 2. The molecule has 1 atom stereocenters. The molecule has 0 bridgehead atoms. The molecule has 3 aromatic rings. The molecule has 1 aromatic heterocycles. The van der Waals surface area contributed by atoms with E-state index in [0.29, 0.717) is 6.04 Å². The van der Waals surface area contributed by atoms with Crippen molar-refractivity contribution < 1.29 is 5.11 Å². The summed E-state index contributed by atoms with van der Waals surface area (Å²) in [7, 11) is 0. The van der Waals surface area contributed by atoms with Gasteiger partial charge in [-0.3, -0.25) is 4.90 Å². The molecular formula is C25H33N3O. The third-order valence-electron chi connectivity index (χ3n) is 5.82. The standard InChI is InChI=1S/C25H33N3O/c1-17-9-18(14-26-25(2,3)4)11-20(10-17)19-5-6-24-21(12-19)13-22(27-24)15-28-8-7-23(28)16-29/h5-6,9-13,23,26-27,29H,7-8,14-16H2,1-4H3. The normalized spacial score (nSPS) is 17.6. The van der Waals surface area contributed by atoms with Gasteiger partial charge in [-0.2, -0.15) is 0 Å². The van der Waals surface area contributed by atoms with E-state index < -0.39 is 0 Å². The van der Waals surface area contributed by atoms with Gasteiger partial charge in [0.2, 0.25) is 0 Å². The Hall–Kier alpha value is -2.14. The summed E-state index contributed by atoms with van der Waals surface area (Å²) in [5.41, 5.74) is 7.62. The molecule has 0 amide bonds. The van der Waals surface area contributed by atoms with Crippen molar-refractivity contribution in [2.45, 2.75) is 58.8 Å². The highest BCUT2D eigenvalue weighted by molar-refractivity contribution is 5.86. The molecule has 2 heterocycles. The minimum absolute atomic E-state index is 0.107. The number of hydrogen-bond acceptors (Lipinski definition) is 3. The van der Waals surface area contributed by atoms with Crippen LogP contribution in [0.15, 0.2) is 42.5 Å². The maximum Gasteiger partial charge on any atom is 0.0587 e. The van der Waals surface area contributed by atoms with E-state index in [0.717, 1.165) is 26.1 Å². The fourth-order valence-electron chi connectivity index (χ4n) is 4.08. The van der Waals surface area contributed by atoms with E-state index in [1.54, 1.807) is 0 Å². The molecule has 4 nitrogen and oxygen atoms in total. The highest BCUT2D eigenvalue weighted by Crippen LogP contribution is 2.28. The van der Waals surface area contributed by atoms with Crippen LogP contribution < -0.4 is 5.32 Å². The topological polar surface area (TPSA) is 51.3 Å². The second-order valence-corrected chi connectivity index (χ2v) is 9.50. The third kappa shape index (κ3) is 4.72. The van der Waals surface area contributed by atoms with Crippen LogP contribution in [-0.2, 0) is 13.1 Å². The van der Waals surface area contributed by atoms with Crippen LogP contribution in [0.1, 0.15) is 44.0 Å². The first-order valence-corrected chi connectivity index (χ1v) is 10.6. The molecule has 0 saturated carbocycles. The fraction of sp³-hybridized carbons (Fsp3) is 0.440. The number of aromatic nitrogens is 1. The third-order valence-corrected chi connectivity index (χ3v) is 5.82. The van der Waals surface area contributed by atoms with Crippen LogP contribution in [0.25, 0.3) is 22.0 Å². The number of fused-ring (bicyclic) bond motifs is 1. The molecule has 0 aliphatic carbocycles. The lowest BCUT2D eigenvalue weighted by atomic mass is 9.98. The number of aliphatic hydroxyl groups is 1. The van der Waals surface area contributed by atoms with Crippen molar-refractivity contribution in [3.8, 4) is 11.1 Å². The van der Waals surface area contributed by atoms with Crippen LogP contribution in [0.3, 0.4) is 0 Å². The van der Waals surface area contributed by atoms with E-state index in [-0.39, 0.29) is 12.1 Å². The molecule has 2 aromatic carbocycles. The summed E-state index contributed by atoms with van der Waals surface area (Å²) in [6.45, 7) is 11.8. The van der Waals surface area contributed by atoms with E-state index in [1.807, 2.05) is 0 Å². The first kappa shape index (κ1) is 20.1. The predicted octanol–water partition coefficient (Wildman–Crippen LogP) is 4.60. The molecule has 4 rings (SSSR count). The van der Waals surface area contributed by atoms with Gasteiger partial charge in [-0.25, -0.2) is 0 Å². The molecule has 0 spiro atoms. The molecule has 29 heavy (non-hydrogen) atoms. The summed E-state index contributed by atoms with van der Waals surface area (Å²) < 4.78 is 0. The van der Waals surface area contributed by atoms with E-state index >= 15 is 0 Å². The summed E-state index contributed by atoms with van der Waals surface area (Å²) in [5, 5.41) is 14.2. The molecule has 3 N–H and O–H groups in total. The van der Waals surface area contributed by atoms with Crippen LogP contribution >= 0.6 is 0 Å². The number of likely N-dealkylation sites (tertiary alicyclic amines) is 1. The first-order valence-electron chi connectivity index (χ1n) is 10.6. The van der Waals surface area contributed by atoms with Crippen LogP contribution in [-0.4, -0.2) is 39.7 Å². The minimum atomic E-state index is 0.107. The summed E-state index contributed by atoms with van der Waals surface area (Å²) in [6.07, 6.45) is 1.10. The number of nitrogens with zero attached hydrogens (tertiary/aromatic N) is 1. The quantitative estimate of drug-likeness (QED) is 0.576. The maximum atomic E-state index is 9.41. The molecule has 1 aliphatic rings. The summed E-state index contributed by atoms with van der Waals surface area (Å²) >= 11 is 0. The summed E-state index contributed by atoms with van der Waals surface area (Å²) in [5.74, 6) is 0. The number of nitrogens with one attached hydrogen (secondary N) is 2. The Balaban J connectivity index is 1.57. The summed E-state index contributed by atoms with van der Waals surface area (Å²) in [6, 6.07) is 16.1. The van der Waals surface area contributed by atoms with Gasteiger partial charge in [0.1, 0.15) is 0 Å². The van der Waals surface area contributed by atoms with Gasteiger partial charge in [-0.05, 0) is 75.1 Å². The molecule has 154 valence electrons. The van der Waals surface area contributed by atoms with Gasteiger partial charge in [0.15, 0.2) is 0 Å². The SMILES string of the molecule is Cc1cc(CNC(C)(C)C)cc(-c2ccc3[nH]c(CN4CCC4CO)cc3c2)c1. The zero-order chi connectivity index (χ0) is 20.6. The van der Waals surface area contributed by atoms with Crippen molar-refractivity contribution in [1.82, 2.24) is 15.2 Å². The van der Waals surface area contributed by atoms with Crippen LogP contribution in [0.2, 0.25) is 0 Å². The Bertz CT molecular complexity index is 997. The highest BCUT2D eigenvalue weighted by atomic mass is 16.3.